The number of aromatic nitrogens is 1. The van der Waals surface area contributed by atoms with E-state index in [1.807, 2.05) is 71.2 Å². The second kappa shape index (κ2) is 8.35. The normalized spacial score (nSPS) is 13.9. The molecule has 1 aromatic heterocycles. The van der Waals surface area contributed by atoms with Crippen molar-refractivity contribution in [2.24, 2.45) is 0 Å². The van der Waals surface area contributed by atoms with E-state index in [4.69, 9.17) is 0 Å². The second-order valence-electron chi connectivity index (χ2n) is 7.44. The van der Waals surface area contributed by atoms with Gasteiger partial charge in [0.2, 0.25) is 0 Å². The first kappa shape index (κ1) is 19.0. The van der Waals surface area contributed by atoms with Gasteiger partial charge >= 0.3 is 0 Å². The van der Waals surface area contributed by atoms with Crippen molar-refractivity contribution in [2.45, 2.75) is 26.2 Å². The van der Waals surface area contributed by atoms with E-state index < -0.39 is 0 Å². The summed E-state index contributed by atoms with van der Waals surface area (Å²) in [6, 6.07) is 16.8. The summed E-state index contributed by atoms with van der Waals surface area (Å²) >= 11 is 0. The molecule has 1 saturated heterocycles. The Morgan fingerprint density at radius 3 is 2.38 bits per heavy atom. The smallest absolute Gasteiger partial charge is 0.255 e. The van der Waals surface area contributed by atoms with E-state index in [0.29, 0.717) is 16.8 Å². The summed E-state index contributed by atoms with van der Waals surface area (Å²) in [5, 5.41) is 2.94. The molecule has 0 bridgehead atoms. The highest BCUT2D eigenvalue weighted by Gasteiger charge is 2.21. The maximum atomic E-state index is 13.0. The Labute approximate surface area is 171 Å². The van der Waals surface area contributed by atoms with Gasteiger partial charge in [0.1, 0.15) is 0 Å². The van der Waals surface area contributed by atoms with Crippen LogP contribution in [0.3, 0.4) is 0 Å². The van der Waals surface area contributed by atoms with Gasteiger partial charge in [-0.1, -0.05) is 18.2 Å². The quantitative estimate of drug-likeness (QED) is 0.708. The molecule has 5 heteroatoms. The Morgan fingerprint density at radius 2 is 1.62 bits per heavy atom. The van der Waals surface area contributed by atoms with Gasteiger partial charge in [-0.3, -0.25) is 9.59 Å². The van der Waals surface area contributed by atoms with Crippen LogP contribution in [0, 0.1) is 6.92 Å². The number of carbonyl (C=O) groups is 2. The minimum absolute atomic E-state index is 0.0162. The summed E-state index contributed by atoms with van der Waals surface area (Å²) in [5.74, 6) is -0.241. The maximum absolute atomic E-state index is 13.0. The van der Waals surface area contributed by atoms with Gasteiger partial charge in [-0.15, -0.1) is 0 Å². The number of rotatable bonds is 4. The Kier molecular flexibility index (Phi) is 5.47. The predicted octanol–water partition coefficient (Wildman–Crippen LogP) is 4.66. The minimum atomic E-state index is -0.225. The number of para-hydroxylation sites is 1. The fourth-order valence-electron chi connectivity index (χ4n) is 3.76. The molecule has 2 amide bonds. The highest BCUT2D eigenvalue weighted by molar-refractivity contribution is 6.09. The Bertz CT molecular complexity index is 1020. The Morgan fingerprint density at radius 1 is 0.897 bits per heavy atom. The summed E-state index contributed by atoms with van der Waals surface area (Å²) < 4.78 is 1.99. The fraction of sp³-hybridized carbons (Fsp3) is 0.250. The SMILES string of the molecule is Cc1ccc(C(=O)Nc2ccccc2C(=O)N2CCCCC2)cc1-n1cccc1. The van der Waals surface area contributed by atoms with E-state index in [1.54, 1.807) is 12.1 Å². The van der Waals surface area contributed by atoms with Crippen LogP contribution < -0.4 is 5.32 Å². The van der Waals surface area contributed by atoms with Crippen LogP contribution in [0.5, 0.6) is 0 Å². The molecule has 2 heterocycles. The zero-order valence-electron chi connectivity index (χ0n) is 16.6. The topological polar surface area (TPSA) is 54.3 Å². The number of anilines is 1. The first-order valence-electron chi connectivity index (χ1n) is 10.1. The number of benzene rings is 2. The van der Waals surface area contributed by atoms with Crippen molar-refractivity contribution < 1.29 is 9.59 Å². The van der Waals surface area contributed by atoms with Crippen molar-refractivity contribution in [3.8, 4) is 5.69 Å². The summed E-state index contributed by atoms with van der Waals surface area (Å²) in [6.07, 6.45) is 7.14. The number of likely N-dealkylation sites (tertiary alicyclic amines) is 1. The van der Waals surface area contributed by atoms with E-state index in [9.17, 15) is 9.59 Å². The molecule has 0 spiro atoms. The molecule has 3 aromatic rings. The van der Waals surface area contributed by atoms with Crippen LogP contribution in [0.1, 0.15) is 45.5 Å². The first-order valence-corrected chi connectivity index (χ1v) is 10.1. The van der Waals surface area contributed by atoms with Crippen LogP contribution in [0.25, 0.3) is 5.69 Å². The van der Waals surface area contributed by atoms with E-state index in [0.717, 1.165) is 37.2 Å². The monoisotopic (exact) mass is 387 g/mol. The van der Waals surface area contributed by atoms with Gasteiger partial charge in [0, 0.05) is 36.7 Å². The van der Waals surface area contributed by atoms with Gasteiger partial charge in [0.25, 0.3) is 11.8 Å². The van der Waals surface area contributed by atoms with Crippen LogP contribution in [-0.4, -0.2) is 34.4 Å². The van der Waals surface area contributed by atoms with E-state index in [2.05, 4.69) is 5.32 Å². The van der Waals surface area contributed by atoms with Gasteiger partial charge in [-0.05, 0) is 68.1 Å². The van der Waals surface area contributed by atoms with Crippen molar-refractivity contribution in [1.82, 2.24) is 9.47 Å². The number of carbonyl (C=O) groups excluding carboxylic acids is 2. The standard InChI is InChI=1S/C24H25N3O2/c1-18-11-12-19(17-22(18)26-13-7-8-14-26)23(28)25-21-10-4-3-9-20(21)24(29)27-15-5-2-6-16-27/h3-4,7-14,17H,2,5-6,15-16H2,1H3,(H,25,28). The van der Waals surface area contributed by atoms with Crippen molar-refractivity contribution in [3.63, 3.8) is 0 Å². The molecule has 0 unspecified atom stereocenters. The van der Waals surface area contributed by atoms with Crippen molar-refractivity contribution >= 4 is 17.5 Å². The molecule has 1 aliphatic heterocycles. The van der Waals surface area contributed by atoms with Crippen LogP contribution in [0.4, 0.5) is 5.69 Å². The lowest BCUT2D eigenvalue weighted by Crippen LogP contribution is -2.36. The average molecular weight is 387 g/mol. The molecular formula is C24H25N3O2. The molecule has 148 valence electrons. The highest BCUT2D eigenvalue weighted by atomic mass is 16.2. The third kappa shape index (κ3) is 4.09. The molecular weight excluding hydrogens is 362 g/mol. The number of aryl methyl sites for hydroxylation is 1. The van der Waals surface area contributed by atoms with Crippen LogP contribution >= 0.6 is 0 Å². The summed E-state index contributed by atoms with van der Waals surface area (Å²) in [7, 11) is 0. The van der Waals surface area contributed by atoms with Gasteiger partial charge in [-0.2, -0.15) is 0 Å². The number of amides is 2. The van der Waals surface area contributed by atoms with Crippen LogP contribution in [0.15, 0.2) is 67.0 Å². The van der Waals surface area contributed by atoms with Gasteiger partial charge in [0.05, 0.1) is 11.3 Å². The lowest BCUT2D eigenvalue weighted by Gasteiger charge is -2.27. The molecule has 0 atom stereocenters. The van der Waals surface area contributed by atoms with E-state index in [1.165, 1.54) is 6.42 Å². The molecule has 0 aliphatic carbocycles. The molecule has 1 fully saturated rings. The maximum Gasteiger partial charge on any atom is 0.255 e. The average Bonchev–Trinajstić information content (AvgIpc) is 3.29. The number of hydrogen-bond donors (Lipinski definition) is 1. The van der Waals surface area contributed by atoms with E-state index in [-0.39, 0.29) is 11.8 Å². The van der Waals surface area contributed by atoms with Gasteiger partial charge in [-0.25, -0.2) is 0 Å². The number of nitrogens with zero attached hydrogens (tertiary/aromatic N) is 2. The zero-order chi connectivity index (χ0) is 20.2. The van der Waals surface area contributed by atoms with Crippen molar-refractivity contribution in [1.29, 1.82) is 0 Å². The summed E-state index contributed by atoms with van der Waals surface area (Å²) in [5.41, 5.74) is 3.69. The fourth-order valence-corrected chi connectivity index (χ4v) is 3.76. The third-order valence-electron chi connectivity index (χ3n) is 5.40. The lowest BCUT2D eigenvalue weighted by atomic mass is 10.1. The predicted molar refractivity (Wildman–Crippen MR) is 115 cm³/mol. The molecule has 2 aromatic carbocycles. The number of nitrogens with one attached hydrogen (secondary N) is 1. The molecule has 4 rings (SSSR count). The second-order valence-corrected chi connectivity index (χ2v) is 7.44. The largest absolute Gasteiger partial charge is 0.339 e. The van der Waals surface area contributed by atoms with Crippen LogP contribution in [-0.2, 0) is 0 Å². The summed E-state index contributed by atoms with van der Waals surface area (Å²) in [4.78, 5) is 27.8. The Hall–Kier alpha value is -3.34. The van der Waals surface area contributed by atoms with Crippen LogP contribution in [0.2, 0.25) is 0 Å². The molecule has 1 aliphatic rings. The molecule has 29 heavy (non-hydrogen) atoms. The van der Waals surface area contributed by atoms with Gasteiger partial charge < -0.3 is 14.8 Å². The van der Waals surface area contributed by atoms with E-state index >= 15 is 0 Å². The highest BCUT2D eigenvalue weighted by Crippen LogP contribution is 2.22. The molecule has 0 radical (unpaired) electrons. The number of hydrogen-bond acceptors (Lipinski definition) is 2. The zero-order valence-corrected chi connectivity index (χ0v) is 16.6. The lowest BCUT2D eigenvalue weighted by molar-refractivity contribution is 0.0725. The third-order valence-corrected chi connectivity index (χ3v) is 5.40. The minimum Gasteiger partial charge on any atom is -0.339 e. The van der Waals surface area contributed by atoms with Crippen molar-refractivity contribution in [3.05, 3.63) is 83.7 Å². The summed E-state index contributed by atoms with van der Waals surface area (Å²) in [6.45, 7) is 3.57. The molecule has 5 nitrogen and oxygen atoms in total. The molecule has 0 saturated carbocycles. The Balaban J connectivity index is 1.58. The van der Waals surface area contributed by atoms with Gasteiger partial charge in [0.15, 0.2) is 0 Å². The first-order chi connectivity index (χ1) is 14.1. The number of piperidine rings is 1. The van der Waals surface area contributed by atoms with Crippen molar-refractivity contribution in [2.75, 3.05) is 18.4 Å². The molecule has 1 N–H and O–H groups in total.